The van der Waals surface area contributed by atoms with E-state index in [0.717, 1.165) is 3.57 Å². The van der Waals surface area contributed by atoms with E-state index in [0.29, 0.717) is 27.8 Å². The lowest BCUT2D eigenvalue weighted by Gasteiger charge is -2.01. The van der Waals surface area contributed by atoms with Gasteiger partial charge in [-0.3, -0.25) is 9.48 Å². The number of hydrogen-bond acceptors (Lipinski definition) is 5. The van der Waals surface area contributed by atoms with Gasteiger partial charge in [-0.1, -0.05) is 11.6 Å². The Morgan fingerprint density at radius 3 is 2.91 bits per heavy atom. The van der Waals surface area contributed by atoms with Crippen molar-refractivity contribution in [3.05, 3.63) is 38.2 Å². The minimum atomic E-state index is -0.391. The molecule has 7 nitrogen and oxygen atoms in total. The first-order valence-electron chi connectivity index (χ1n) is 6.16. The predicted octanol–water partition coefficient (Wildman–Crippen LogP) is 2.17. The summed E-state index contributed by atoms with van der Waals surface area (Å²) in [4.78, 5) is 12.0. The van der Waals surface area contributed by atoms with Gasteiger partial charge in [-0.2, -0.15) is 10.2 Å². The molecule has 0 saturated carbocycles. The Morgan fingerprint density at radius 1 is 1.50 bits per heavy atom. The molecule has 0 unspecified atom stereocenters. The van der Waals surface area contributed by atoms with Crippen LogP contribution in [-0.2, 0) is 7.05 Å². The Hall–Kier alpha value is -1.81. The number of aryl methyl sites for hydroxylation is 1. The summed E-state index contributed by atoms with van der Waals surface area (Å²) in [5.41, 5.74) is 3.35. The van der Waals surface area contributed by atoms with E-state index in [1.54, 1.807) is 30.1 Å². The zero-order valence-electron chi connectivity index (χ0n) is 11.3. The summed E-state index contributed by atoms with van der Waals surface area (Å²) >= 11 is 8.15. The molecule has 1 aromatic carbocycles. The third-order valence-electron chi connectivity index (χ3n) is 2.86. The fraction of sp³-hybridized carbons (Fsp3) is 0.154. The van der Waals surface area contributed by atoms with Crippen LogP contribution in [0, 0.1) is 3.57 Å². The second kappa shape index (κ2) is 6.13. The molecule has 1 N–H and O–H groups in total. The van der Waals surface area contributed by atoms with Gasteiger partial charge in [-0.05, 0) is 28.7 Å². The Morgan fingerprint density at radius 2 is 2.23 bits per heavy atom. The molecule has 0 radical (unpaired) electrons. The van der Waals surface area contributed by atoms with Crippen LogP contribution in [0.15, 0.2) is 23.4 Å². The number of ether oxygens (including phenoxy) is 2. The van der Waals surface area contributed by atoms with Crippen LogP contribution in [0.2, 0.25) is 5.02 Å². The monoisotopic (exact) mass is 432 g/mol. The predicted molar refractivity (Wildman–Crippen MR) is 88.6 cm³/mol. The van der Waals surface area contributed by atoms with E-state index in [9.17, 15) is 4.79 Å². The number of carbonyl (C=O) groups is 1. The first-order chi connectivity index (χ1) is 10.5. The highest BCUT2D eigenvalue weighted by atomic mass is 127. The molecule has 2 aromatic rings. The number of carbonyl (C=O) groups excluding carboxylic acids is 1. The molecule has 0 atom stereocenters. The van der Waals surface area contributed by atoms with E-state index in [-0.39, 0.29) is 6.79 Å². The standard InChI is InChI=1S/C13H10ClIN4O3/c1-19-5-9(15)12(18-19)13(20)17-16-4-7-2-10-11(3-8(7)14)22-6-21-10/h2-5H,6H2,1H3,(H,17,20). The smallest absolute Gasteiger partial charge is 0.292 e. The minimum Gasteiger partial charge on any atom is -0.454 e. The molecule has 1 aliphatic rings. The van der Waals surface area contributed by atoms with Crippen LogP contribution >= 0.6 is 34.2 Å². The third kappa shape index (κ3) is 3.02. The highest BCUT2D eigenvalue weighted by Gasteiger charge is 2.16. The number of amides is 1. The SMILES string of the molecule is Cn1cc(I)c(C(=O)NN=Cc2cc3c(cc2Cl)OCO3)n1. The topological polar surface area (TPSA) is 77.7 Å². The van der Waals surface area contributed by atoms with Gasteiger partial charge < -0.3 is 9.47 Å². The zero-order chi connectivity index (χ0) is 15.7. The number of benzene rings is 1. The Bertz CT molecular complexity index is 775. The molecule has 0 fully saturated rings. The molecule has 1 aliphatic heterocycles. The van der Waals surface area contributed by atoms with E-state index in [4.69, 9.17) is 21.1 Å². The summed E-state index contributed by atoms with van der Waals surface area (Å²) in [5.74, 6) is 0.795. The average Bonchev–Trinajstić information content (AvgIpc) is 3.04. The first kappa shape index (κ1) is 15.1. The van der Waals surface area contributed by atoms with Crippen molar-refractivity contribution >= 4 is 46.3 Å². The molecule has 114 valence electrons. The van der Waals surface area contributed by atoms with Crippen molar-refractivity contribution in [2.75, 3.05) is 6.79 Å². The summed E-state index contributed by atoms with van der Waals surface area (Å²) in [7, 11) is 1.74. The maximum absolute atomic E-state index is 12.0. The van der Waals surface area contributed by atoms with Gasteiger partial charge in [0.25, 0.3) is 5.91 Å². The van der Waals surface area contributed by atoms with Gasteiger partial charge in [0.1, 0.15) is 0 Å². The molecule has 22 heavy (non-hydrogen) atoms. The van der Waals surface area contributed by atoms with Gasteiger partial charge in [-0.15, -0.1) is 0 Å². The van der Waals surface area contributed by atoms with Crippen LogP contribution in [0.3, 0.4) is 0 Å². The maximum atomic E-state index is 12.0. The molecule has 1 amide bonds. The van der Waals surface area contributed by atoms with Crippen molar-refractivity contribution in [3.8, 4) is 11.5 Å². The number of fused-ring (bicyclic) bond motifs is 1. The van der Waals surface area contributed by atoms with E-state index < -0.39 is 5.91 Å². The van der Waals surface area contributed by atoms with E-state index in [1.807, 2.05) is 22.6 Å². The lowest BCUT2D eigenvalue weighted by molar-refractivity contribution is 0.0948. The van der Waals surface area contributed by atoms with Crippen molar-refractivity contribution in [3.63, 3.8) is 0 Å². The van der Waals surface area contributed by atoms with Crippen LogP contribution in [0.25, 0.3) is 0 Å². The Balaban J connectivity index is 1.72. The molecule has 0 spiro atoms. The summed E-state index contributed by atoms with van der Waals surface area (Å²) in [6.07, 6.45) is 3.19. The summed E-state index contributed by atoms with van der Waals surface area (Å²) in [5, 5.41) is 8.41. The molecule has 0 bridgehead atoms. The van der Waals surface area contributed by atoms with Crippen molar-refractivity contribution in [1.29, 1.82) is 0 Å². The second-order valence-corrected chi connectivity index (χ2v) is 5.99. The van der Waals surface area contributed by atoms with Crippen LogP contribution in [-0.4, -0.2) is 28.7 Å². The van der Waals surface area contributed by atoms with Gasteiger partial charge in [-0.25, -0.2) is 5.43 Å². The molecule has 0 aliphatic carbocycles. The highest BCUT2D eigenvalue weighted by molar-refractivity contribution is 14.1. The zero-order valence-corrected chi connectivity index (χ0v) is 14.3. The number of nitrogens with zero attached hydrogens (tertiary/aromatic N) is 3. The first-order valence-corrected chi connectivity index (χ1v) is 7.62. The van der Waals surface area contributed by atoms with Crippen molar-refractivity contribution < 1.29 is 14.3 Å². The maximum Gasteiger partial charge on any atom is 0.292 e. The van der Waals surface area contributed by atoms with E-state index in [1.165, 1.54) is 6.21 Å². The number of hydrogen-bond donors (Lipinski definition) is 1. The molecule has 2 heterocycles. The molecular weight excluding hydrogens is 423 g/mol. The molecule has 1 aromatic heterocycles. The minimum absolute atomic E-state index is 0.168. The molecular formula is C13H10ClIN4O3. The summed E-state index contributed by atoms with van der Waals surface area (Å²) < 4.78 is 12.8. The fourth-order valence-corrected chi connectivity index (χ4v) is 2.82. The average molecular weight is 433 g/mol. The number of rotatable bonds is 3. The van der Waals surface area contributed by atoms with Crippen molar-refractivity contribution in [2.45, 2.75) is 0 Å². The highest BCUT2D eigenvalue weighted by Crippen LogP contribution is 2.36. The number of aromatic nitrogens is 2. The number of halogens is 2. The van der Waals surface area contributed by atoms with Gasteiger partial charge in [0.05, 0.1) is 14.8 Å². The molecule has 3 rings (SSSR count). The van der Waals surface area contributed by atoms with E-state index >= 15 is 0 Å². The largest absolute Gasteiger partial charge is 0.454 e. The lowest BCUT2D eigenvalue weighted by Crippen LogP contribution is -2.19. The van der Waals surface area contributed by atoms with Gasteiger partial charge in [0, 0.05) is 24.9 Å². The third-order valence-corrected chi connectivity index (χ3v) is 3.98. The molecule has 9 heteroatoms. The van der Waals surface area contributed by atoms with Crippen molar-refractivity contribution in [2.24, 2.45) is 12.1 Å². The number of hydrazone groups is 1. The van der Waals surface area contributed by atoms with Gasteiger partial charge in [0.15, 0.2) is 17.2 Å². The van der Waals surface area contributed by atoms with Crippen LogP contribution < -0.4 is 14.9 Å². The van der Waals surface area contributed by atoms with Crippen LogP contribution in [0.4, 0.5) is 0 Å². The van der Waals surface area contributed by atoms with E-state index in [2.05, 4.69) is 15.6 Å². The number of nitrogens with one attached hydrogen (secondary N) is 1. The van der Waals surface area contributed by atoms with Crippen molar-refractivity contribution in [1.82, 2.24) is 15.2 Å². The van der Waals surface area contributed by atoms with Gasteiger partial charge >= 0.3 is 0 Å². The Labute approximate surface area is 144 Å². The van der Waals surface area contributed by atoms with Crippen LogP contribution in [0.1, 0.15) is 16.1 Å². The lowest BCUT2D eigenvalue weighted by atomic mass is 10.2. The quantitative estimate of drug-likeness (QED) is 0.458. The summed E-state index contributed by atoms with van der Waals surface area (Å²) in [6.45, 7) is 0.168. The normalized spacial score (nSPS) is 12.9. The summed E-state index contributed by atoms with van der Waals surface area (Å²) in [6, 6.07) is 3.35. The Kier molecular flexibility index (Phi) is 4.21. The second-order valence-electron chi connectivity index (χ2n) is 4.43. The fourth-order valence-electron chi connectivity index (χ4n) is 1.86. The van der Waals surface area contributed by atoms with Gasteiger partial charge in [0.2, 0.25) is 6.79 Å². The molecule has 0 saturated heterocycles. The van der Waals surface area contributed by atoms with Crippen LogP contribution in [0.5, 0.6) is 11.5 Å².